The molecule has 1 atom stereocenters. The third-order valence-corrected chi connectivity index (χ3v) is 2.82. The number of nitrogens with two attached hydrogens (primary N) is 1. The van der Waals surface area contributed by atoms with Gasteiger partial charge in [-0.25, -0.2) is 0 Å². The Hall–Kier alpha value is -0.440. The van der Waals surface area contributed by atoms with Gasteiger partial charge in [-0.15, -0.1) is 0 Å². The van der Waals surface area contributed by atoms with Crippen LogP contribution in [0.2, 0.25) is 10.0 Å². The molecule has 0 aromatic heterocycles. The van der Waals surface area contributed by atoms with E-state index in [1.165, 1.54) is 0 Å². The molecule has 1 unspecified atom stereocenters. The zero-order valence-corrected chi connectivity index (χ0v) is 10.6. The number of ether oxygens (including phenoxy) is 1. The zero-order chi connectivity index (χ0) is 11.6. The van der Waals surface area contributed by atoms with Crippen LogP contribution >= 0.6 is 23.2 Å². The van der Waals surface area contributed by atoms with E-state index in [2.05, 4.69) is 0 Å². The van der Waals surface area contributed by atoms with Crippen molar-refractivity contribution in [3.05, 3.63) is 27.7 Å². The standard InChI is InChI=1S/C11H15Cl2NO/c1-6(2)10(14)8-4-7(12)5-9(13)11(8)15-3/h4-6,10H,14H2,1-3H3. The molecule has 0 aliphatic carbocycles. The number of halogens is 2. The van der Waals surface area contributed by atoms with E-state index in [-0.39, 0.29) is 6.04 Å². The number of benzene rings is 1. The highest BCUT2D eigenvalue weighted by Crippen LogP contribution is 2.36. The molecule has 2 N–H and O–H groups in total. The third-order valence-electron chi connectivity index (χ3n) is 2.32. The van der Waals surface area contributed by atoms with Gasteiger partial charge in [-0.1, -0.05) is 37.0 Å². The third kappa shape index (κ3) is 2.77. The van der Waals surface area contributed by atoms with Gasteiger partial charge in [-0.2, -0.15) is 0 Å². The highest BCUT2D eigenvalue weighted by molar-refractivity contribution is 6.35. The van der Waals surface area contributed by atoms with Gasteiger partial charge in [0.05, 0.1) is 12.1 Å². The van der Waals surface area contributed by atoms with Gasteiger partial charge in [0.1, 0.15) is 5.75 Å². The quantitative estimate of drug-likeness (QED) is 0.885. The minimum atomic E-state index is -0.129. The van der Waals surface area contributed by atoms with Crippen LogP contribution in [0.3, 0.4) is 0 Å². The van der Waals surface area contributed by atoms with Crippen molar-refractivity contribution in [3.63, 3.8) is 0 Å². The summed E-state index contributed by atoms with van der Waals surface area (Å²) >= 11 is 12.0. The van der Waals surface area contributed by atoms with Crippen molar-refractivity contribution >= 4 is 23.2 Å². The van der Waals surface area contributed by atoms with Crippen LogP contribution < -0.4 is 10.5 Å². The minimum Gasteiger partial charge on any atom is -0.495 e. The van der Waals surface area contributed by atoms with Crippen LogP contribution in [0, 0.1) is 5.92 Å². The van der Waals surface area contributed by atoms with Gasteiger partial charge in [0.15, 0.2) is 0 Å². The summed E-state index contributed by atoms with van der Waals surface area (Å²) in [6, 6.07) is 3.33. The molecule has 4 heteroatoms. The summed E-state index contributed by atoms with van der Waals surface area (Å²) in [5, 5.41) is 1.07. The summed E-state index contributed by atoms with van der Waals surface area (Å²) in [6.45, 7) is 4.08. The van der Waals surface area contributed by atoms with Gasteiger partial charge in [-0.3, -0.25) is 0 Å². The molecule has 1 rings (SSSR count). The van der Waals surface area contributed by atoms with Crippen LogP contribution in [0.15, 0.2) is 12.1 Å². The van der Waals surface area contributed by atoms with Crippen molar-refractivity contribution in [2.45, 2.75) is 19.9 Å². The monoisotopic (exact) mass is 247 g/mol. The summed E-state index contributed by atoms with van der Waals surface area (Å²) in [5.41, 5.74) is 6.91. The molecule has 0 bridgehead atoms. The van der Waals surface area contributed by atoms with E-state index in [1.807, 2.05) is 13.8 Å². The van der Waals surface area contributed by atoms with Crippen molar-refractivity contribution in [3.8, 4) is 5.75 Å². The number of hydrogen-bond donors (Lipinski definition) is 1. The Morgan fingerprint density at radius 3 is 2.33 bits per heavy atom. The normalized spacial score (nSPS) is 13.0. The molecule has 0 spiro atoms. The molecule has 0 saturated carbocycles. The summed E-state index contributed by atoms with van der Waals surface area (Å²) in [4.78, 5) is 0. The largest absolute Gasteiger partial charge is 0.495 e. The predicted octanol–water partition coefficient (Wildman–Crippen LogP) is 3.66. The Kier molecular flexibility index (Phi) is 4.26. The highest BCUT2D eigenvalue weighted by Gasteiger charge is 2.18. The first-order valence-corrected chi connectivity index (χ1v) is 5.51. The maximum absolute atomic E-state index is 6.05. The second kappa shape index (κ2) is 5.06. The Morgan fingerprint density at radius 2 is 1.87 bits per heavy atom. The smallest absolute Gasteiger partial charge is 0.142 e. The van der Waals surface area contributed by atoms with Gasteiger partial charge in [0, 0.05) is 16.6 Å². The van der Waals surface area contributed by atoms with Gasteiger partial charge in [-0.05, 0) is 18.1 Å². The average molecular weight is 248 g/mol. The molecule has 0 aliphatic rings. The van der Waals surface area contributed by atoms with E-state index in [0.717, 1.165) is 5.56 Å². The molecule has 0 fully saturated rings. The van der Waals surface area contributed by atoms with Crippen LogP contribution in [0.25, 0.3) is 0 Å². The topological polar surface area (TPSA) is 35.2 Å². The molecule has 0 aliphatic heterocycles. The zero-order valence-electron chi connectivity index (χ0n) is 9.05. The van der Waals surface area contributed by atoms with E-state index in [1.54, 1.807) is 19.2 Å². The Bertz CT molecular complexity index is 353. The Labute approximate surface area is 100 Å². The number of hydrogen-bond acceptors (Lipinski definition) is 2. The summed E-state index contributed by atoms with van der Waals surface area (Å²) in [7, 11) is 1.58. The maximum Gasteiger partial charge on any atom is 0.142 e. The van der Waals surface area contributed by atoms with Gasteiger partial charge in [0.25, 0.3) is 0 Å². The van der Waals surface area contributed by atoms with Crippen molar-refractivity contribution < 1.29 is 4.74 Å². The fourth-order valence-corrected chi connectivity index (χ4v) is 1.99. The van der Waals surface area contributed by atoms with Crippen molar-refractivity contribution in [1.82, 2.24) is 0 Å². The molecule has 0 heterocycles. The SMILES string of the molecule is COc1c(Cl)cc(Cl)cc1C(N)C(C)C. The Morgan fingerprint density at radius 1 is 1.27 bits per heavy atom. The van der Waals surface area contributed by atoms with Crippen LogP contribution in [-0.2, 0) is 0 Å². The van der Waals surface area contributed by atoms with Gasteiger partial charge >= 0.3 is 0 Å². The van der Waals surface area contributed by atoms with Crippen LogP contribution in [0.4, 0.5) is 0 Å². The fourth-order valence-electron chi connectivity index (χ4n) is 1.40. The van der Waals surface area contributed by atoms with Crippen LogP contribution in [0.1, 0.15) is 25.5 Å². The van der Waals surface area contributed by atoms with Gasteiger partial charge < -0.3 is 10.5 Å². The minimum absolute atomic E-state index is 0.129. The predicted molar refractivity (Wildman–Crippen MR) is 64.8 cm³/mol. The number of rotatable bonds is 3. The first kappa shape index (κ1) is 12.6. The van der Waals surface area contributed by atoms with Crippen molar-refractivity contribution in [1.29, 1.82) is 0 Å². The molecule has 0 saturated heterocycles. The highest BCUT2D eigenvalue weighted by atomic mass is 35.5. The summed E-state index contributed by atoms with van der Waals surface area (Å²) < 4.78 is 5.23. The molecule has 1 aromatic carbocycles. The maximum atomic E-state index is 6.05. The van der Waals surface area contributed by atoms with Crippen LogP contribution in [0.5, 0.6) is 5.75 Å². The lowest BCUT2D eigenvalue weighted by atomic mass is 9.96. The first-order valence-electron chi connectivity index (χ1n) is 4.76. The van der Waals surface area contributed by atoms with Crippen LogP contribution in [-0.4, -0.2) is 7.11 Å². The van der Waals surface area contributed by atoms with E-state index >= 15 is 0 Å². The second-order valence-electron chi connectivity index (χ2n) is 3.78. The molecule has 2 nitrogen and oxygen atoms in total. The molecule has 84 valence electrons. The average Bonchev–Trinajstić information content (AvgIpc) is 2.15. The molecule has 0 radical (unpaired) electrons. The number of methoxy groups -OCH3 is 1. The van der Waals surface area contributed by atoms with E-state index < -0.39 is 0 Å². The molecule has 1 aromatic rings. The molecular weight excluding hydrogens is 233 g/mol. The van der Waals surface area contributed by atoms with E-state index in [4.69, 9.17) is 33.7 Å². The van der Waals surface area contributed by atoms with Crippen molar-refractivity contribution in [2.24, 2.45) is 11.7 Å². The summed E-state index contributed by atoms with van der Waals surface area (Å²) in [5.74, 6) is 0.913. The van der Waals surface area contributed by atoms with Crippen molar-refractivity contribution in [2.75, 3.05) is 7.11 Å². The lowest BCUT2D eigenvalue weighted by Crippen LogP contribution is -2.17. The first-order chi connectivity index (χ1) is 6.97. The lowest BCUT2D eigenvalue weighted by molar-refractivity contribution is 0.396. The summed E-state index contributed by atoms with van der Waals surface area (Å²) in [6.07, 6.45) is 0. The second-order valence-corrected chi connectivity index (χ2v) is 4.62. The molecule has 15 heavy (non-hydrogen) atoms. The van der Waals surface area contributed by atoms with Gasteiger partial charge in [0.2, 0.25) is 0 Å². The Balaban J connectivity index is 3.26. The van der Waals surface area contributed by atoms with E-state index in [9.17, 15) is 0 Å². The lowest BCUT2D eigenvalue weighted by Gasteiger charge is -2.20. The van der Waals surface area contributed by atoms with E-state index in [0.29, 0.717) is 21.7 Å². The fraction of sp³-hybridized carbons (Fsp3) is 0.455. The molecular formula is C11H15Cl2NO. The molecule has 0 amide bonds.